The fourth-order valence-electron chi connectivity index (χ4n) is 4.93. The zero-order valence-electron chi connectivity index (χ0n) is 15.3. The van der Waals surface area contributed by atoms with Crippen molar-refractivity contribution in [2.24, 2.45) is 5.92 Å². The highest BCUT2D eigenvalue weighted by Gasteiger charge is 2.37. The number of aromatic nitrogens is 4. The molecule has 0 saturated carbocycles. The molecule has 2 bridgehead atoms. The number of pyridine rings is 1. The highest BCUT2D eigenvalue weighted by Crippen LogP contribution is 2.35. The molecular formula is C19H24N6O2. The number of amides is 1. The fourth-order valence-corrected chi connectivity index (χ4v) is 4.93. The van der Waals surface area contributed by atoms with Gasteiger partial charge in [0.2, 0.25) is 0 Å². The van der Waals surface area contributed by atoms with Crippen molar-refractivity contribution >= 4 is 5.91 Å². The van der Waals surface area contributed by atoms with Crippen LogP contribution in [0.2, 0.25) is 0 Å². The first kappa shape index (κ1) is 16.7. The molecule has 2 aromatic rings. The molecule has 2 saturated heterocycles. The Morgan fingerprint density at radius 3 is 2.81 bits per heavy atom. The summed E-state index contributed by atoms with van der Waals surface area (Å²) in [7, 11) is 0. The SMILES string of the molecule is O=C(c1cn[nH]n1)N1C[C@@H]2C[C@H](C1)c1ccc(CN3CCCC3)c(=O)n1C2. The van der Waals surface area contributed by atoms with Gasteiger partial charge < -0.3 is 9.47 Å². The summed E-state index contributed by atoms with van der Waals surface area (Å²) in [6.45, 7) is 4.93. The predicted molar refractivity (Wildman–Crippen MR) is 98.3 cm³/mol. The summed E-state index contributed by atoms with van der Waals surface area (Å²) in [5, 5.41) is 10.2. The van der Waals surface area contributed by atoms with Crippen LogP contribution in [0.1, 0.15) is 46.9 Å². The van der Waals surface area contributed by atoms with Crippen molar-refractivity contribution in [2.75, 3.05) is 26.2 Å². The van der Waals surface area contributed by atoms with Gasteiger partial charge in [0, 0.05) is 43.4 Å². The van der Waals surface area contributed by atoms with E-state index in [0.29, 0.717) is 31.2 Å². The molecule has 8 heteroatoms. The Hall–Kier alpha value is -2.48. The summed E-state index contributed by atoms with van der Waals surface area (Å²) in [4.78, 5) is 29.9. The van der Waals surface area contributed by atoms with E-state index in [-0.39, 0.29) is 17.4 Å². The van der Waals surface area contributed by atoms with Crippen LogP contribution in [0.25, 0.3) is 0 Å². The fraction of sp³-hybridized carbons (Fsp3) is 0.579. The Morgan fingerprint density at radius 2 is 2.04 bits per heavy atom. The van der Waals surface area contributed by atoms with E-state index in [9.17, 15) is 9.59 Å². The minimum absolute atomic E-state index is 0.0834. The van der Waals surface area contributed by atoms with E-state index in [4.69, 9.17) is 0 Å². The topological polar surface area (TPSA) is 87.1 Å². The number of nitrogens with one attached hydrogen (secondary N) is 1. The van der Waals surface area contributed by atoms with Crippen LogP contribution in [0.3, 0.4) is 0 Å². The van der Waals surface area contributed by atoms with Crippen LogP contribution in [0.15, 0.2) is 23.1 Å². The molecule has 2 aromatic heterocycles. The zero-order valence-corrected chi connectivity index (χ0v) is 15.3. The summed E-state index contributed by atoms with van der Waals surface area (Å²) in [6, 6.07) is 4.11. The van der Waals surface area contributed by atoms with Gasteiger partial charge in [-0.05, 0) is 44.3 Å². The molecule has 0 spiro atoms. The van der Waals surface area contributed by atoms with E-state index in [1.54, 1.807) is 0 Å². The molecule has 2 atom stereocenters. The third-order valence-corrected chi connectivity index (χ3v) is 6.20. The molecule has 1 amide bonds. The largest absolute Gasteiger partial charge is 0.336 e. The van der Waals surface area contributed by atoms with Gasteiger partial charge in [-0.25, -0.2) is 0 Å². The number of hydrogen-bond acceptors (Lipinski definition) is 5. The van der Waals surface area contributed by atoms with Crippen LogP contribution in [-0.2, 0) is 13.1 Å². The number of nitrogens with zero attached hydrogens (tertiary/aromatic N) is 5. The highest BCUT2D eigenvalue weighted by molar-refractivity contribution is 5.92. The van der Waals surface area contributed by atoms with Crippen molar-refractivity contribution in [3.63, 3.8) is 0 Å². The number of likely N-dealkylation sites (tertiary alicyclic amines) is 2. The second kappa shape index (κ2) is 6.60. The maximum Gasteiger partial charge on any atom is 0.276 e. The minimum atomic E-state index is -0.0834. The number of carbonyl (C=O) groups excluding carboxylic acids is 1. The zero-order chi connectivity index (χ0) is 18.4. The average Bonchev–Trinajstić information content (AvgIpc) is 3.37. The lowest BCUT2D eigenvalue weighted by atomic mass is 9.83. The van der Waals surface area contributed by atoms with Crippen molar-refractivity contribution in [2.45, 2.75) is 38.3 Å². The van der Waals surface area contributed by atoms with Crippen molar-refractivity contribution in [1.29, 1.82) is 0 Å². The van der Waals surface area contributed by atoms with Crippen LogP contribution in [0, 0.1) is 5.92 Å². The van der Waals surface area contributed by atoms with E-state index < -0.39 is 0 Å². The summed E-state index contributed by atoms with van der Waals surface area (Å²) < 4.78 is 1.97. The van der Waals surface area contributed by atoms with Gasteiger partial charge in [0.05, 0.1) is 6.20 Å². The van der Waals surface area contributed by atoms with Gasteiger partial charge in [-0.2, -0.15) is 15.4 Å². The van der Waals surface area contributed by atoms with Gasteiger partial charge in [-0.1, -0.05) is 6.07 Å². The Bertz CT molecular complexity index is 899. The number of hydrogen-bond donors (Lipinski definition) is 1. The van der Waals surface area contributed by atoms with Gasteiger partial charge >= 0.3 is 0 Å². The highest BCUT2D eigenvalue weighted by atomic mass is 16.2. The minimum Gasteiger partial charge on any atom is -0.336 e. The quantitative estimate of drug-likeness (QED) is 0.867. The number of aromatic amines is 1. The van der Waals surface area contributed by atoms with E-state index >= 15 is 0 Å². The molecule has 0 aromatic carbocycles. The molecule has 142 valence electrons. The maximum absolute atomic E-state index is 13.1. The summed E-state index contributed by atoms with van der Waals surface area (Å²) >= 11 is 0. The predicted octanol–water partition coefficient (Wildman–Crippen LogP) is 0.822. The Morgan fingerprint density at radius 1 is 1.19 bits per heavy atom. The van der Waals surface area contributed by atoms with E-state index in [0.717, 1.165) is 37.3 Å². The number of H-pyrrole nitrogens is 1. The molecule has 0 aliphatic carbocycles. The van der Waals surface area contributed by atoms with Crippen LogP contribution < -0.4 is 5.56 Å². The molecule has 8 nitrogen and oxygen atoms in total. The summed E-state index contributed by atoms with van der Waals surface area (Å²) in [5.74, 6) is 0.439. The average molecular weight is 368 g/mol. The number of piperidine rings is 1. The summed E-state index contributed by atoms with van der Waals surface area (Å²) in [6.07, 6.45) is 4.96. The normalized spacial score (nSPS) is 24.8. The molecule has 1 N–H and O–H groups in total. The summed E-state index contributed by atoms with van der Waals surface area (Å²) in [5.41, 5.74) is 2.48. The molecule has 27 heavy (non-hydrogen) atoms. The standard InChI is InChI=1S/C19H24N6O2/c26-18-14(11-23-5-1-2-6-23)3-4-17-15-7-13(10-25(17)18)9-24(12-15)19(27)16-8-20-22-21-16/h3-4,8,13,15H,1-2,5-7,9-12H2,(H,20,21,22)/t13-,15+/m0/s1. The molecule has 2 fully saturated rings. The first-order chi connectivity index (χ1) is 13.2. The monoisotopic (exact) mass is 368 g/mol. The second-order valence-corrected chi connectivity index (χ2v) is 8.05. The van der Waals surface area contributed by atoms with Crippen molar-refractivity contribution in [3.05, 3.63) is 45.6 Å². The first-order valence-corrected chi connectivity index (χ1v) is 9.79. The van der Waals surface area contributed by atoms with Crippen molar-refractivity contribution < 1.29 is 4.79 Å². The molecule has 0 unspecified atom stereocenters. The first-order valence-electron chi connectivity index (χ1n) is 9.79. The van der Waals surface area contributed by atoms with E-state index in [1.165, 1.54) is 19.0 Å². The van der Waals surface area contributed by atoms with Crippen molar-refractivity contribution in [1.82, 2.24) is 29.8 Å². The molecule has 5 heterocycles. The number of rotatable bonds is 3. The van der Waals surface area contributed by atoms with Gasteiger partial charge in [0.25, 0.3) is 11.5 Å². The molecule has 5 rings (SSSR count). The third-order valence-electron chi connectivity index (χ3n) is 6.20. The second-order valence-electron chi connectivity index (χ2n) is 8.05. The van der Waals surface area contributed by atoms with Gasteiger partial charge in [0.1, 0.15) is 0 Å². The smallest absolute Gasteiger partial charge is 0.276 e. The lowest BCUT2D eigenvalue weighted by Gasteiger charge is -2.42. The van der Waals surface area contributed by atoms with Crippen LogP contribution >= 0.6 is 0 Å². The Labute approximate surface area is 157 Å². The maximum atomic E-state index is 13.1. The number of carbonyl (C=O) groups is 1. The van der Waals surface area contributed by atoms with Gasteiger partial charge in [0.15, 0.2) is 5.69 Å². The molecule has 3 aliphatic heterocycles. The third kappa shape index (κ3) is 2.97. The Balaban J connectivity index is 1.40. The van der Waals surface area contributed by atoms with Crippen LogP contribution in [0.5, 0.6) is 0 Å². The lowest BCUT2D eigenvalue weighted by molar-refractivity contribution is 0.0588. The van der Waals surface area contributed by atoms with Crippen LogP contribution in [-0.4, -0.2) is 61.9 Å². The van der Waals surface area contributed by atoms with E-state index in [2.05, 4.69) is 26.4 Å². The van der Waals surface area contributed by atoms with E-state index in [1.807, 2.05) is 15.5 Å². The van der Waals surface area contributed by atoms with Gasteiger partial charge in [-0.3, -0.25) is 14.5 Å². The lowest BCUT2D eigenvalue weighted by Crippen LogP contribution is -2.49. The Kier molecular flexibility index (Phi) is 4.07. The van der Waals surface area contributed by atoms with Crippen LogP contribution in [0.4, 0.5) is 0 Å². The number of fused-ring (bicyclic) bond motifs is 4. The molecular weight excluding hydrogens is 344 g/mol. The van der Waals surface area contributed by atoms with Crippen molar-refractivity contribution in [3.8, 4) is 0 Å². The molecule has 0 radical (unpaired) electrons. The molecule has 3 aliphatic rings. The van der Waals surface area contributed by atoms with Gasteiger partial charge in [-0.15, -0.1) is 0 Å².